The van der Waals surface area contributed by atoms with Gasteiger partial charge in [0.25, 0.3) is 5.82 Å². The summed E-state index contributed by atoms with van der Waals surface area (Å²) < 4.78 is 5.83. The van der Waals surface area contributed by atoms with E-state index in [1.165, 1.54) is 30.3 Å². The van der Waals surface area contributed by atoms with Gasteiger partial charge >= 0.3 is 5.97 Å². The van der Waals surface area contributed by atoms with E-state index in [0.717, 1.165) is 0 Å². The summed E-state index contributed by atoms with van der Waals surface area (Å²) >= 11 is 11.7. The standard InChI is InChI=1S/C10H8Cl2N4O2/c1-18-10(17)9-14-4-16(15-9)8-3-6(12)5(11)2-7(8)13/h2-4H,13H2,1H3. The number of carbonyl (C=O) groups is 1. The first-order chi connectivity index (χ1) is 8.52. The highest BCUT2D eigenvalue weighted by Crippen LogP contribution is 2.29. The number of hydrogen-bond acceptors (Lipinski definition) is 5. The molecule has 18 heavy (non-hydrogen) atoms. The van der Waals surface area contributed by atoms with Crippen molar-refractivity contribution in [2.24, 2.45) is 0 Å². The molecule has 0 aliphatic carbocycles. The van der Waals surface area contributed by atoms with E-state index >= 15 is 0 Å². The Morgan fingerprint density at radius 3 is 2.72 bits per heavy atom. The fourth-order valence-corrected chi connectivity index (χ4v) is 1.64. The topological polar surface area (TPSA) is 83.0 Å². The Labute approximate surface area is 112 Å². The van der Waals surface area contributed by atoms with E-state index in [2.05, 4.69) is 14.8 Å². The number of aromatic nitrogens is 3. The van der Waals surface area contributed by atoms with Gasteiger partial charge in [-0.3, -0.25) is 0 Å². The molecule has 8 heteroatoms. The number of carbonyl (C=O) groups excluding carboxylic acids is 1. The number of methoxy groups -OCH3 is 1. The van der Waals surface area contributed by atoms with E-state index in [1.807, 2.05) is 0 Å². The molecule has 0 saturated heterocycles. The van der Waals surface area contributed by atoms with E-state index < -0.39 is 5.97 Å². The third-order valence-corrected chi connectivity index (χ3v) is 2.90. The largest absolute Gasteiger partial charge is 0.463 e. The third kappa shape index (κ3) is 2.25. The quantitative estimate of drug-likeness (QED) is 0.674. The number of nitrogens with two attached hydrogens (primary N) is 1. The van der Waals surface area contributed by atoms with Crippen LogP contribution in [0.25, 0.3) is 5.69 Å². The fourth-order valence-electron chi connectivity index (χ4n) is 1.31. The lowest BCUT2D eigenvalue weighted by Gasteiger charge is -2.06. The van der Waals surface area contributed by atoms with E-state index in [0.29, 0.717) is 21.4 Å². The molecule has 1 heterocycles. The van der Waals surface area contributed by atoms with Crippen molar-refractivity contribution in [2.45, 2.75) is 0 Å². The predicted molar refractivity (Wildman–Crippen MR) is 67.1 cm³/mol. The monoisotopic (exact) mass is 286 g/mol. The maximum absolute atomic E-state index is 11.2. The van der Waals surface area contributed by atoms with E-state index in [4.69, 9.17) is 28.9 Å². The molecule has 0 unspecified atom stereocenters. The highest BCUT2D eigenvalue weighted by Gasteiger charge is 2.14. The normalized spacial score (nSPS) is 10.4. The molecular weight excluding hydrogens is 279 g/mol. The Hall–Kier alpha value is -1.79. The predicted octanol–water partition coefficient (Wildman–Crippen LogP) is 1.94. The van der Waals surface area contributed by atoms with Crippen LogP contribution in [0.2, 0.25) is 10.0 Å². The molecule has 0 bridgehead atoms. The SMILES string of the molecule is COC(=O)c1ncn(-c2cc(Cl)c(Cl)cc2N)n1. The van der Waals surface area contributed by atoms with Crippen LogP contribution in [0.15, 0.2) is 18.5 Å². The number of ether oxygens (including phenoxy) is 1. The lowest BCUT2D eigenvalue weighted by Crippen LogP contribution is -2.06. The highest BCUT2D eigenvalue weighted by atomic mass is 35.5. The van der Waals surface area contributed by atoms with Crippen LogP contribution >= 0.6 is 23.2 Å². The number of halogens is 2. The van der Waals surface area contributed by atoms with Gasteiger partial charge in [-0.1, -0.05) is 23.2 Å². The van der Waals surface area contributed by atoms with Gasteiger partial charge in [0.1, 0.15) is 6.33 Å². The van der Waals surface area contributed by atoms with Crippen LogP contribution in [0, 0.1) is 0 Å². The molecule has 2 aromatic rings. The molecule has 1 aromatic heterocycles. The summed E-state index contributed by atoms with van der Waals surface area (Å²) in [4.78, 5) is 15.0. The molecule has 0 atom stereocenters. The zero-order valence-corrected chi connectivity index (χ0v) is 10.7. The van der Waals surface area contributed by atoms with Crippen molar-refractivity contribution in [1.29, 1.82) is 0 Å². The van der Waals surface area contributed by atoms with E-state index in [-0.39, 0.29) is 5.82 Å². The van der Waals surface area contributed by atoms with E-state index in [9.17, 15) is 4.79 Å². The number of nitrogen functional groups attached to an aromatic ring is 1. The molecule has 0 aliphatic heterocycles. The minimum Gasteiger partial charge on any atom is -0.463 e. The molecule has 1 aromatic carbocycles. The summed E-state index contributed by atoms with van der Waals surface area (Å²) in [5, 5.41) is 4.60. The van der Waals surface area contributed by atoms with Crippen molar-refractivity contribution in [1.82, 2.24) is 14.8 Å². The first-order valence-electron chi connectivity index (χ1n) is 4.78. The van der Waals surface area contributed by atoms with E-state index in [1.54, 1.807) is 0 Å². The molecule has 6 nitrogen and oxygen atoms in total. The lowest BCUT2D eigenvalue weighted by molar-refractivity contribution is 0.0587. The first kappa shape index (κ1) is 12.7. The minimum atomic E-state index is -0.632. The van der Waals surface area contributed by atoms with Crippen molar-refractivity contribution in [3.05, 3.63) is 34.3 Å². The van der Waals surface area contributed by atoms with Gasteiger partial charge in [0, 0.05) is 0 Å². The molecular formula is C10H8Cl2N4O2. The summed E-state index contributed by atoms with van der Waals surface area (Å²) in [6, 6.07) is 3.04. The molecule has 0 amide bonds. The number of hydrogen-bond donors (Lipinski definition) is 1. The summed E-state index contributed by atoms with van der Waals surface area (Å²) in [7, 11) is 1.25. The van der Waals surface area contributed by atoms with Crippen LogP contribution in [0.1, 0.15) is 10.6 Å². The van der Waals surface area contributed by atoms with Gasteiger partial charge in [0.05, 0.1) is 28.5 Å². The second-order valence-electron chi connectivity index (χ2n) is 3.33. The van der Waals surface area contributed by atoms with Crippen molar-refractivity contribution < 1.29 is 9.53 Å². The maximum atomic E-state index is 11.2. The summed E-state index contributed by atoms with van der Waals surface area (Å²) in [5.41, 5.74) is 6.64. The number of rotatable bonds is 2. The van der Waals surface area contributed by atoms with Crippen molar-refractivity contribution >= 4 is 34.9 Å². The Kier molecular flexibility index (Phi) is 3.40. The van der Waals surface area contributed by atoms with Gasteiger partial charge in [-0.2, -0.15) is 0 Å². The van der Waals surface area contributed by atoms with Crippen molar-refractivity contribution in [2.75, 3.05) is 12.8 Å². The summed E-state index contributed by atoms with van der Waals surface area (Å²) in [5.74, 6) is -0.699. The van der Waals surface area contributed by atoms with Crippen LogP contribution in [0.4, 0.5) is 5.69 Å². The number of benzene rings is 1. The van der Waals surface area contributed by atoms with Gasteiger partial charge < -0.3 is 10.5 Å². The lowest BCUT2D eigenvalue weighted by atomic mass is 10.3. The van der Waals surface area contributed by atoms with Gasteiger partial charge in [0.2, 0.25) is 0 Å². The van der Waals surface area contributed by atoms with Crippen LogP contribution < -0.4 is 5.73 Å². The third-order valence-electron chi connectivity index (χ3n) is 2.18. The Morgan fingerprint density at radius 1 is 1.39 bits per heavy atom. The van der Waals surface area contributed by atoms with Crippen molar-refractivity contribution in [3.8, 4) is 5.69 Å². The number of anilines is 1. The van der Waals surface area contributed by atoms with Crippen LogP contribution in [0.5, 0.6) is 0 Å². The molecule has 94 valence electrons. The second-order valence-corrected chi connectivity index (χ2v) is 4.14. The summed E-state index contributed by atoms with van der Waals surface area (Å²) in [6.07, 6.45) is 1.34. The molecule has 0 radical (unpaired) electrons. The molecule has 0 fully saturated rings. The van der Waals surface area contributed by atoms with Crippen molar-refractivity contribution in [3.63, 3.8) is 0 Å². The van der Waals surface area contributed by atoms with Crippen LogP contribution in [0.3, 0.4) is 0 Å². The average molecular weight is 287 g/mol. The first-order valence-corrected chi connectivity index (χ1v) is 5.53. The molecule has 0 spiro atoms. The van der Waals surface area contributed by atoms with Gasteiger partial charge in [-0.15, -0.1) is 5.10 Å². The Bertz CT molecular complexity index is 612. The number of esters is 1. The molecule has 2 rings (SSSR count). The summed E-state index contributed by atoms with van der Waals surface area (Å²) in [6.45, 7) is 0. The van der Waals surface area contributed by atoms with Crippen LogP contribution in [-0.4, -0.2) is 27.8 Å². The van der Waals surface area contributed by atoms with Gasteiger partial charge in [0.15, 0.2) is 0 Å². The fraction of sp³-hybridized carbons (Fsp3) is 0.100. The van der Waals surface area contributed by atoms with Gasteiger partial charge in [-0.25, -0.2) is 14.5 Å². The number of nitrogens with zero attached hydrogens (tertiary/aromatic N) is 3. The smallest absolute Gasteiger partial charge is 0.377 e. The second kappa shape index (κ2) is 4.83. The Balaban J connectivity index is 2.46. The average Bonchev–Trinajstić information content (AvgIpc) is 2.82. The Morgan fingerprint density at radius 2 is 2.06 bits per heavy atom. The van der Waals surface area contributed by atoms with Crippen LogP contribution in [-0.2, 0) is 4.74 Å². The van der Waals surface area contributed by atoms with Gasteiger partial charge in [-0.05, 0) is 12.1 Å². The molecule has 2 N–H and O–H groups in total. The zero-order valence-electron chi connectivity index (χ0n) is 9.22. The molecule has 0 saturated carbocycles. The molecule has 0 aliphatic rings. The maximum Gasteiger partial charge on any atom is 0.377 e. The highest BCUT2D eigenvalue weighted by molar-refractivity contribution is 6.42. The minimum absolute atomic E-state index is 0.0667. The zero-order chi connectivity index (χ0) is 13.3.